The van der Waals surface area contributed by atoms with Crippen molar-refractivity contribution in [1.82, 2.24) is 20.4 Å². The maximum atomic E-state index is 13.3. The number of carbonyl (C=O) groups is 1. The number of nitrogens with zero attached hydrogens (tertiary/aromatic N) is 2. The fourth-order valence-electron chi connectivity index (χ4n) is 3.83. The molecule has 4 rings (SSSR count). The number of nitrogens with one attached hydrogen (secondary N) is 2. The smallest absolute Gasteiger partial charge is 0.318 e. The summed E-state index contributed by atoms with van der Waals surface area (Å²) in [5, 5.41) is 10.4. The van der Waals surface area contributed by atoms with E-state index < -0.39 is 0 Å². The van der Waals surface area contributed by atoms with Crippen molar-refractivity contribution in [3.8, 4) is 17.0 Å². The van der Waals surface area contributed by atoms with Crippen molar-refractivity contribution in [1.29, 1.82) is 0 Å². The number of benzene rings is 3. The highest BCUT2D eigenvalue weighted by Gasteiger charge is 2.18. The predicted octanol–water partition coefficient (Wildman–Crippen LogP) is 5.56. The van der Waals surface area contributed by atoms with E-state index in [4.69, 9.17) is 4.74 Å². The van der Waals surface area contributed by atoms with Crippen LogP contribution in [0.5, 0.6) is 5.75 Å². The lowest BCUT2D eigenvalue weighted by Gasteiger charge is -2.24. The minimum Gasteiger partial charge on any atom is -0.497 e. The van der Waals surface area contributed by atoms with Crippen LogP contribution in [0.4, 0.5) is 4.79 Å². The molecule has 0 saturated carbocycles. The predicted molar refractivity (Wildman–Crippen MR) is 134 cm³/mol. The third kappa shape index (κ3) is 5.84. The Labute approximate surface area is 200 Å². The summed E-state index contributed by atoms with van der Waals surface area (Å²) in [6.07, 6.45) is 2.78. The highest BCUT2D eigenvalue weighted by molar-refractivity contribution is 5.75. The zero-order chi connectivity index (χ0) is 23.8. The summed E-state index contributed by atoms with van der Waals surface area (Å²) in [5.74, 6) is 0.794. The number of amides is 2. The van der Waals surface area contributed by atoms with E-state index in [0.29, 0.717) is 19.6 Å². The maximum Gasteiger partial charge on any atom is 0.318 e. The van der Waals surface area contributed by atoms with Crippen LogP contribution >= 0.6 is 0 Å². The summed E-state index contributed by atoms with van der Waals surface area (Å²) in [6.45, 7) is 3.53. The molecular formula is C28H30N4O2. The Morgan fingerprint density at radius 2 is 1.62 bits per heavy atom. The molecule has 0 aliphatic rings. The van der Waals surface area contributed by atoms with Gasteiger partial charge in [0.05, 0.1) is 25.5 Å². The van der Waals surface area contributed by atoms with Gasteiger partial charge in [0.25, 0.3) is 0 Å². The first-order valence-electron chi connectivity index (χ1n) is 11.5. The van der Waals surface area contributed by atoms with Gasteiger partial charge in [-0.2, -0.15) is 5.10 Å². The van der Waals surface area contributed by atoms with Gasteiger partial charge < -0.3 is 15.0 Å². The Balaban J connectivity index is 1.54. The first kappa shape index (κ1) is 23.1. The average molecular weight is 455 g/mol. The summed E-state index contributed by atoms with van der Waals surface area (Å²) >= 11 is 0. The zero-order valence-electron chi connectivity index (χ0n) is 19.6. The molecule has 6 nitrogen and oxygen atoms in total. The van der Waals surface area contributed by atoms with E-state index in [0.717, 1.165) is 40.1 Å². The minimum absolute atomic E-state index is 0.120. The number of hydrogen-bond acceptors (Lipinski definition) is 3. The fraction of sp³-hybridized carbons (Fsp3) is 0.214. The van der Waals surface area contributed by atoms with Crippen LogP contribution in [0.15, 0.2) is 85.1 Å². The van der Waals surface area contributed by atoms with Gasteiger partial charge in [0.2, 0.25) is 0 Å². The fourth-order valence-corrected chi connectivity index (χ4v) is 3.83. The second-order valence-corrected chi connectivity index (χ2v) is 8.17. The van der Waals surface area contributed by atoms with E-state index >= 15 is 0 Å². The van der Waals surface area contributed by atoms with E-state index in [1.54, 1.807) is 13.3 Å². The molecule has 0 aliphatic carbocycles. The lowest BCUT2D eigenvalue weighted by atomic mass is 10.1. The van der Waals surface area contributed by atoms with Gasteiger partial charge in [-0.05, 0) is 47.4 Å². The van der Waals surface area contributed by atoms with Crippen molar-refractivity contribution in [3.63, 3.8) is 0 Å². The second-order valence-electron chi connectivity index (χ2n) is 8.17. The lowest BCUT2D eigenvalue weighted by Crippen LogP contribution is -2.38. The molecule has 3 aromatic carbocycles. The topological polar surface area (TPSA) is 70.2 Å². The Morgan fingerprint density at radius 3 is 2.29 bits per heavy atom. The molecule has 2 amide bonds. The van der Waals surface area contributed by atoms with E-state index in [1.165, 1.54) is 5.56 Å². The van der Waals surface area contributed by atoms with E-state index in [1.807, 2.05) is 59.5 Å². The van der Waals surface area contributed by atoms with E-state index in [-0.39, 0.29) is 6.03 Å². The summed E-state index contributed by atoms with van der Waals surface area (Å²) in [7, 11) is 1.65. The SMILES string of the molecule is CCc1ccc(CN(Cc2cn[nH]c2-c2ccc(OC)cc2)C(=O)NCc2ccccc2)cc1. The number of ether oxygens (including phenoxy) is 1. The van der Waals surface area contributed by atoms with Crippen molar-refractivity contribution in [2.24, 2.45) is 0 Å². The normalized spacial score (nSPS) is 10.6. The van der Waals surface area contributed by atoms with Crippen LogP contribution in [0, 0.1) is 0 Å². The monoisotopic (exact) mass is 454 g/mol. The highest BCUT2D eigenvalue weighted by Crippen LogP contribution is 2.25. The van der Waals surface area contributed by atoms with Gasteiger partial charge in [-0.1, -0.05) is 61.5 Å². The van der Waals surface area contributed by atoms with Crippen LogP contribution in [0.1, 0.15) is 29.2 Å². The van der Waals surface area contributed by atoms with Crippen molar-refractivity contribution in [3.05, 3.63) is 107 Å². The highest BCUT2D eigenvalue weighted by atomic mass is 16.5. The maximum absolute atomic E-state index is 13.3. The number of aromatic nitrogens is 2. The van der Waals surface area contributed by atoms with Crippen molar-refractivity contribution < 1.29 is 9.53 Å². The summed E-state index contributed by atoms with van der Waals surface area (Å²) < 4.78 is 5.27. The number of rotatable bonds is 9. The number of carbonyl (C=O) groups excluding carboxylic acids is 1. The number of aryl methyl sites for hydroxylation is 1. The molecule has 0 unspecified atom stereocenters. The van der Waals surface area contributed by atoms with Gasteiger partial charge in [0, 0.05) is 24.2 Å². The minimum atomic E-state index is -0.120. The molecule has 6 heteroatoms. The first-order chi connectivity index (χ1) is 16.7. The Hall–Kier alpha value is -4.06. The van der Waals surface area contributed by atoms with Crippen LogP contribution in [0.3, 0.4) is 0 Å². The Morgan fingerprint density at radius 1 is 0.912 bits per heavy atom. The number of H-pyrrole nitrogens is 1. The zero-order valence-corrected chi connectivity index (χ0v) is 19.6. The Kier molecular flexibility index (Phi) is 7.60. The third-order valence-corrected chi connectivity index (χ3v) is 5.84. The van der Waals surface area contributed by atoms with Gasteiger partial charge in [-0.15, -0.1) is 0 Å². The number of urea groups is 1. The molecule has 0 atom stereocenters. The molecule has 0 bridgehead atoms. The molecular weight excluding hydrogens is 424 g/mol. The van der Waals surface area contributed by atoms with E-state index in [9.17, 15) is 4.79 Å². The molecule has 4 aromatic rings. The molecule has 0 aliphatic heterocycles. The third-order valence-electron chi connectivity index (χ3n) is 5.84. The average Bonchev–Trinajstić information content (AvgIpc) is 3.36. The standard InChI is InChI=1S/C28H30N4O2/c1-3-21-9-11-23(12-10-21)19-32(28(33)29-17-22-7-5-4-6-8-22)20-25-18-30-31-27(25)24-13-15-26(34-2)16-14-24/h4-16,18H,3,17,19-20H2,1-2H3,(H,29,33)(H,30,31). The van der Waals surface area contributed by atoms with Crippen molar-refractivity contribution >= 4 is 6.03 Å². The molecule has 0 radical (unpaired) electrons. The first-order valence-corrected chi connectivity index (χ1v) is 11.5. The number of methoxy groups -OCH3 is 1. The molecule has 1 aromatic heterocycles. The molecule has 34 heavy (non-hydrogen) atoms. The van der Waals surface area contributed by atoms with Gasteiger partial charge in [-0.25, -0.2) is 4.79 Å². The van der Waals surface area contributed by atoms with Crippen LogP contribution < -0.4 is 10.1 Å². The van der Waals surface area contributed by atoms with Crippen LogP contribution in [-0.4, -0.2) is 28.2 Å². The number of hydrogen-bond donors (Lipinski definition) is 2. The van der Waals surface area contributed by atoms with Crippen LogP contribution in [0.25, 0.3) is 11.3 Å². The molecule has 174 valence electrons. The molecule has 0 fully saturated rings. The number of aromatic amines is 1. The van der Waals surface area contributed by atoms with Crippen LogP contribution in [0.2, 0.25) is 0 Å². The van der Waals surface area contributed by atoms with Gasteiger partial charge in [0.1, 0.15) is 5.75 Å². The summed E-state index contributed by atoms with van der Waals surface area (Å²) in [6, 6.07) is 26.0. The lowest BCUT2D eigenvalue weighted by molar-refractivity contribution is 0.192. The molecule has 0 saturated heterocycles. The van der Waals surface area contributed by atoms with Gasteiger partial charge >= 0.3 is 6.03 Å². The van der Waals surface area contributed by atoms with Crippen molar-refractivity contribution in [2.45, 2.75) is 33.0 Å². The Bertz CT molecular complexity index is 1190. The summed E-state index contributed by atoms with van der Waals surface area (Å²) in [5.41, 5.74) is 6.26. The van der Waals surface area contributed by atoms with Crippen LogP contribution in [-0.2, 0) is 26.1 Å². The summed E-state index contributed by atoms with van der Waals surface area (Å²) in [4.78, 5) is 15.1. The van der Waals surface area contributed by atoms with Gasteiger partial charge in [0.15, 0.2) is 0 Å². The van der Waals surface area contributed by atoms with Gasteiger partial charge in [-0.3, -0.25) is 5.10 Å². The second kappa shape index (κ2) is 11.2. The van der Waals surface area contributed by atoms with Crippen molar-refractivity contribution in [2.75, 3.05) is 7.11 Å². The van der Waals surface area contributed by atoms with E-state index in [2.05, 4.69) is 46.7 Å². The molecule has 0 spiro atoms. The molecule has 1 heterocycles. The largest absolute Gasteiger partial charge is 0.497 e. The molecule has 2 N–H and O–H groups in total. The quantitative estimate of drug-likeness (QED) is 0.348.